The predicted molar refractivity (Wildman–Crippen MR) is 44.0 cm³/mol. The van der Waals surface area contributed by atoms with Gasteiger partial charge in [-0.1, -0.05) is 20.8 Å². The first-order valence-corrected chi connectivity index (χ1v) is 6.47. The summed E-state index contributed by atoms with van der Waals surface area (Å²) in [6.45, 7) is 11.0. The second-order valence-electron chi connectivity index (χ2n) is 3.86. The smallest absolute Gasteiger partial charge is 0.230 e. The highest BCUT2D eigenvalue weighted by molar-refractivity contribution is 6.76. The zero-order valence-corrected chi connectivity index (χ0v) is 8.91. The van der Waals surface area contributed by atoms with E-state index in [2.05, 4.69) is 44.4 Å². The van der Waals surface area contributed by atoms with E-state index in [-0.39, 0.29) is 0 Å². The quantitative estimate of drug-likeness (QED) is 0.532. The maximum absolute atomic E-state index is 5.25. The molecule has 0 heterocycles. The van der Waals surface area contributed by atoms with E-state index in [1.807, 2.05) is 0 Å². The molecule has 0 unspecified atom stereocenters. The van der Waals surface area contributed by atoms with E-state index in [0.29, 0.717) is 5.04 Å². The lowest BCUT2D eigenvalue weighted by atomic mass is 10.2. The maximum atomic E-state index is 5.25. The van der Waals surface area contributed by atoms with Gasteiger partial charge in [0.15, 0.2) is 8.32 Å². The van der Waals surface area contributed by atoms with E-state index >= 15 is 0 Å². The number of hydrogen-bond acceptors (Lipinski definition) is 1. The third-order valence-corrected chi connectivity index (χ3v) is 7.71. The highest BCUT2D eigenvalue weighted by atomic mass is 28.4. The van der Waals surface area contributed by atoms with Crippen LogP contribution in [0.3, 0.4) is 0 Å². The van der Waals surface area contributed by atoms with Crippen LogP contribution in [-0.2, 0) is 4.12 Å². The zero-order chi connectivity index (χ0) is 7.71. The molecule has 0 aliphatic carbocycles. The molecule has 9 heavy (non-hydrogen) atoms. The van der Waals surface area contributed by atoms with Crippen LogP contribution in [0.15, 0.2) is 0 Å². The van der Waals surface area contributed by atoms with Gasteiger partial charge in [-0.05, 0) is 18.1 Å². The van der Waals surface area contributed by atoms with Crippen molar-refractivity contribution in [3.8, 4) is 0 Å². The summed E-state index contributed by atoms with van der Waals surface area (Å²) in [4.78, 5) is 0. The van der Waals surface area contributed by atoms with Crippen molar-refractivity contribution in [2.24, 2.45) is 0 Å². The molecule has 0 saturated heterocycles. The Bertz CT molecular complexity index is 93.7. The molecule has 0 aliphatic heterocycles. The molecule has 0 rings (SSSR count). The van der Waals surface area contributed by atoms with Crippen LogP contribution in [0.25, 0.3) is 0 Å². The minimum atomic E-state index is -1.47. The molecule has 0 bridgehead atoms. The molecule has 3 radical (unpaired) electrons. The monoisotopic (exact) mass is 159 g/mol. The van der Waals surface area contributed by atoms with Gasteiger partial charge in [-0.2, -0.15) is 0 Å². The fourth-order valence-electron chi connectivity index (χ4n) is 0.153. The third kappa shape index (κ3) is 2.23. The van der Waals surface area contributed by atoms with Gasteiger partial charge in [-0.15, -0.1) is 0 Å². The van der Waals surface area contributed by atoms with E-state index in [1.165, 1.54) is 0 Å². The highest BCUT2D eigenvalue weighted by Crippen LogP contribution is 2.35. The fraction of sp³-hybridized carbons (Fsp3) is 1.00. The molecule has 0 aromatic rings. The first-order valence-electron chi connectivity index (χ1n) is 3.16. The lowest BCUT2D eigenvalue weighted by Crippen LogP contribution is -2.39. The van der Waals surface area contributed by atoms with E-state index in [4.69, 9.17) is 4.12 Å². The normalized spacial score (nSPS) is 14.0. The molecule has 0 spiro atoms. The standard InChI is InChI=1S/C6H15OSi2/c1-6(2,3)9(4,5)7-8/h1-5H3. The molecule has 0 aromatic carbocycles. The fourth-order valence-corrected chi connectivity index (χ4v) is 1.38. The van der Waals surface area contributed by atoms with E-state index in [0.717, 1.165) is 0 Å². The molecular weight excluding hydrogens is 144 g/mol. The SMILES string of the molecule is CC(C)(C)[Si](C)(C)O[Si]. The Hall–Kier alpha value is 0.394. The van der Waals surface area contributed by atoms with Crippen LogP contribution in [0.1, 0.15) is 20.8 Å². The zero-order valence-electron chi connectivity index (χ0n) is 6.91. The molecular formula is C6H15OSi2. The molecule has 0 aliphatic rings. The van der Waals surface area contributed by atoms with Crippen LogP contribution in [0.5, 0.6) is 0 Å². The molecule has 0 N–H and O–H groups in total. The van der Waals surface area contributed by atoms with Crippen LogP contribution < -0.4 is 0 Å². The van der Waals surface area contributed by atoms with Gasteiger partial charge in [-0.3, -0.25) is 0 Å². The Morgan fingerprint density at radius 1 is 1.22 bits per heavy atom. The average molecular weight is 159 g/mol. The molecule has 3 heteroatoms. The highest BCUT2D eigenvalue weighted by Gasteiger charge is 2.35. The van der Waals surface area contributed by atoms with E-state index in [1.54, 1.807) is 0 Å². The van der Waals surface area contributed by atoms with Crippen LogP contribution in [0.2, 0.25) is 18.1 Å². The van der Waals surface area contributed by atoms with Crippen molar-refractivity contribution < 1.29 is 4.12 Å². The second kappa shape index (κ2) is 2.56. The summed E-state index contributed by atoms with van der Waals surface area (Å²) in [5.74, 6) is 0. The van der Waals surface area contributed by atoms with Gasteiger partial charge in [-0.25, -0.2) is 0 Å². The average Bonchev–Trinajstić information content (AvgIpc) is 1.64. The van der Waals surface area contributed by atoms with Crippen LogP contribution >= 0.6 is 0 Å². The molecule has 0 aromatic heterocycles. The van der Waals surface area contributed by atoms with Crippen molar-refractivity contribution in [2.75, 3.05) is 0 Å². The minimum Gasteiger partial charge on any atom is -0.457 e. The Labute approximate surface area is 62.5 Å². The first-order chi connectivity index (χ1) is 3.81. The summed E-state index contributed by atoms with van der Waals surface area (Å²) in [6.07, 6.45) is 0. The van der Waals surface area contributed by atoms with Crippen LogP contribution in [0, 0.1) is 0 Å². The molecule has 0 fully saturated rings. The van der Waals surface area contributed by atoms with Gasteiger partial charge < -0.3 is 4.12 Å². The van der Waals surface area contributed by atoms with E-state index < -0.39 is 8.32 Å². The largest absolute Gasteiger partial charge is 0.457 e. The van der Waals surface area contributed by atoms with E-state index in [9.17, 15) is 0 Å². The van der Waals surface area contributed by atoms with Gasteiger partial charge >= 0.3 is 0 Å². The summed E-state index contributed by atoms with van der Waals surface area (Å²) >= 11 is 0. The molecule has 0 saturated carbocycles. The van der Waals surface area contributed by atoms with Crippen molar-refractivity contribution in [1.29, 1.82) is 0 Å². The number of rotatable bonds is 1. The maximum Gasteiger partial charge on any atom is 0.230 e. The summed E-state index contributed by atoms with van der Waals surface area (Å²) in [5, 5.41) is 0.314. The Morgan fingerprint density at radius 3 is 1.56 bits per heavy atom. The van der Waals surface area contributed by atoms with Crippen molar-refractivity contribution in [3.05, 3.63) is 0 Å². The summed E-state index contributed by atoms with van der Waals surface area (Å²) in [5.41, 5.74) is 0. The van der Waals surface area contributed by atoms with Crippen molar-refractivity contribution >= 4 is 18.8 Å². The van der Waals surface area contributed by atoms with Crippen LogP contribution in [0.4, 0.5) is 0 Å². The predicted octanol–water partition coefficient (Wildman–Crippen LogP) is 2.09. The van der Waals surface area contributed by atoms with Crippen molar-refractivity contribution in [3.63, 3.8) is 0 Å². The van der Waals surface area contributed by atoms with Gasteiger partial charge in [0.1, 0.15) is 0 Å². The van der Waals surface area contributed by atoms with Gasteiger partial charge in [0, 0.05) is 0 Å². The van der Waals surface area contributed by atoms with Crippen molar-refractivity contribution in [2.45, 2.75) is 38.9 Å². The van der Waals surface area contributed by atoms with Crippen molar-refractivity contribution in [1.82, 2.24) is 0 Å². The van der Waals surface area contributed by atoms with Gasteiger partial charge in [0.25, 0.3) is 0 Å². The lowest BCUT2D eigenvalue weighted by molar-refractivity contribution is 0.530. The first kappa shape index (κ1) is 9.39. The second-order valence-corrected chi connectivity index (χ2v) is 9.20. The summed E-state index contributed by atoms with van der Waals surface area (Å²) < 4.78 is 5.25. The van der Waals surface area contributed by atoms with Crippen LogP contribution in [-0.4, -0.2) is 18.8 Å². The Morgan fingerprint density at radius 2 is 1.56 bits per heavy atom. The molecule has 0 atom stereocenters. The minimum absolute atomic E-state index is 0.314. The van der Waals surface area contributed by atoms with Gasteiger partial charge in [0.2, 0.25) is 10.5 Å². The Kier molecular flexibility index (Phi) is 2.67. The van der Waals surface area contributed by atoms with Gasteiger partial charge in [0.05, 0.1) is 0 Å². The molecule has 53 valence electrons. The Balaban J connectivity index is 4.14. The lowest BCUT2D eigenvalue weighted by Gasteiger charge is -2.34. The molecule has 1 nitrogen and oxygen atoms in total. The third-order valence-electron chi connectivity index (χ3n) is 2.06. The summed E-state index contributed by atoms with van der Waals surface area (Å²) in [7, 11) is 1.65. The summed E-state index contributed by atoms with van der Waals surface area (Å²) in [6, 6.07) is 0. The number of hydrogen-bond donors (Lipinski definition) is 0. The molecule has 0 amide bonds. The topological polar surface area (TPSA) is 9.23 Å².